The van der Waals surface area contributed by atoms with E-state index in [9.17, 15) is 14.0 Å². The minimum atomic E-state index is -0.988. The summed E-state index contributed by atoms with van der Waals surface area (Å²) in [5, 5.41) is 2.68. The number of thioether (sulfide) groups is 1. The zero-order valence-electron chi connectivity index (χ0n) is 14.5. The number of para-hydroxylation sites is 2. The maximum atomic E-state index is 13.5. The first-order valence-electron chi connectivity index (χ1n) is 8.10. The van der Waals surface area contributed by atoms with Crippen molar-refractivity contribution in [3.8, 4) is 5.75 Å². The number of carbonyl (C=O) groups excluding carboxylic acids is 2. The highest BCUT2D eigenvalue weighted by atomic mass is 32.2. The molecule has 0 saturated heterocycles. The lowest BCUT2D eigenvalue weighted by Crippen LogP contribution is -2.30. The van der Waals surface area contributed by atoms with Gasteiger partial charge in [-0.1, -0.05) is 24.3 Å². The Morgan fingerprint density at radius 1 is 1.15 bits per heavy atom. The first kappa shape index (κ1) is 19.8. The van der Waals surface area contributed by atoms with E-state index >= 15 is 0 Å². The molecule has 0 aliphatic carbocycles. The van der Waals surface area contributed by atoms with Gasteiger partial charge in [-0.3, -0.25) is 9.59 Å². The van der Waals surface area contributed by atoms with Crippen LogP contribution in [0.1, 0.15) is 13.8 Å². The van der Waals surface area contributed by atoms with Crippen molar-refractivity contribution in [3.63, 3.8) is 0 Å². The minimum absolute atomic E-state index is 0.0892. The van der Waals surface area contributed by atoms with E-state index in [2.05, 4.69) is 5.32 Å². The SMILES string of the molecule is CCOc1ccccc1NC(=O)[C@H](C)OC(=O)CSc1ccccc1F. The van der Waals surface area contributed by atoms with Gasteiger partial charge in [-0.05, 0) is 38.1 Å². The van der Waals surface area contributed by atoms with Gasteiger partial charge < -0.3 is 14.8 Å². The van der Waals surface area contributed by atoms with Crippen molar-refractivity contribution < 1.29 is 23.5 Å². The Hall–Kier alpha value is -2.54. The second-order valence-electron chi connectivity index (χ2n) is 5.27. The number of rotatable bonds is 8. The molecule has 1 N–H and O–H groups in total. The van der Waals surface area contributed by atoms with Crippen LogP contribution in [0, 0.1) is 5.82 Å². The van der Waals surface area contributed by atoms with Crippen molar-refractivity contribution in [2.75, 3.05) is 17.7 Å². The molecule has 0 unspecified atom stereocenters. The van der Waals surface area contributed by atoms with Crippen molar-refractivity contribution >= 4 is 29.3 Å². The number of carbonyl (C=O) groups is 2. The van der Waals surface area contributed by atoms with E-state index in [1.807, 2.05) is 6.92 Å². The van der Waals surface area contributed by atoms with Crippen LogP contribution in [0.5, 0.6) is 5.75 Å². The van der Waals surface area contributed by atoms with Gasteiger partial charge in [-0.25, -0.2) is 4.39 Å². The van der Waals surface area contributed by atoms with Crippen molar-refractivity contribution in [2.45, 2.75) is 24.8 Å². The van der Waals surface area contributed by atoms with Crippen LogP contribution in [-0.2, 0) is 14.3 Å². The predicted octanol–water partition coefficient (Wildman–Crippen LogP) is 3.89. The molecule has 0 radical (unpaired) electrons. The molecule has 5 nitrogen and oxygen atoms in total. The van der Waals surface area contributed by atoms with E-state index < -0.39 is 23.8 Å². The van der Waals surface area contributed by atoms with Crippen LogP contribution >= 0.6 is 11.8 Å². The Balaban J connectivity index is 1.86. The van der Waals surface area contributed by atoms with E-state index in [4.69, 9.17) is 9.47 Å². The van der Waals surface area contributed by atoms with E-state index in [-0.39, 0.29) is 5.75 Å². The second kappa shape index (κ2) is 9.82. The molecule has 26 heavy (non-hydrogen) atoms. The number of benzene rings is 2. The molecule has 1 amide bonds. The number of esters is 1. The van der Waals surface area contributed by atoms with Gasteiger partial charge in [0.05, 0.1) is 18.0 Å². The summed E-state index contributed by atoms with van der Waals surface area (Å²) >= 11 is 1.02. The third-order valence-electron chi connectivity index (χ3n) is 3.30. The van der Waals surface area contributed by atoms with E-state index in [1.165, 1.54) is 13.0 Å². The predicted molar refractivity (Wildman–Crippen MR) is 98.9 cm³/mol. The molecule has 1 atom stereocenters. The third kappa shape index (κ3) is 5.77. The highest BCUT2D eigenvalue weighted by Crippen LogP contribution is 2.24. The largest absolute Gasteiger partial charge is 0.492 e. The summed E-state index contributed by atoms with van der Waals surface area (Å²) in [5.74, 6) is -1.02. The molecular weight excluding hydrogens is 357 g/mol. The number of ether oxygens (including phenoxy) is 2. The number of hydrogen-bond acceptors (Lipinski definition) is 5. The summed E-state index contributed by atoms with van der Waals surface area (Å²) in [4.78, 5) is 24.5. The third-order valence-corrected chi connectivity index (χ3v) is 4.33. The monoisotopic (exact) mass is 377 g/mol. The molecule has 0 aliphatic heterocycles. The Bertz CT molecular complexity index is 769. The molecule has 138 valence electrons. The molecule has 2 aromatic rings. The summed E-state index contributed by atoms with van der Waals surface area (Å²) in [5.41, 5.74) is 0.503. The number of amides is 1. The average molecular weight is 377 g/mol. The van der Waals surface area contributed by atoms with E-state index in [0.717, 1.165) is 11.8 Å². The summed E-state index contributed by atoms with van der Waals surface area (Å²) in [6, 6.07) is 13.1. The first-order chi connectivity index (χ1) is 12.5. The first-order valence-corrected chi connectivity index (χ1v) is 9.09. The number of nitrogens with one attached hydrogen (secondary N) is 1. The summed E-state index contributed by atoms with van der Waals surface area (Å²) in [7, 11) is 0. The number of halogens is 1. The molecule has 0 aromatic heterocycles. The van der Waals surface area contributed by atoms with Crippen LogP contribution in [0.3, 0.4) is 0 Å². The van der Waals surface area contributed by atoms with Crippen molar-refractivity contribution in [2.24, 2.45) is 0 Å². The van der Waals surface area contributed by atoms with Gasteiger partial charge in [-0.2, -0.15) is 0 Å². The summed E-state index contributed by atoms with van der Waals surface area (Å²) in [6.45, 7) is 3.78. The topological polar surface area (TPSA) is 64.6 Å². The van der Waals surface area contributed by atoms with E-state index in [1.54, 1.807) is 42.5 Å². The molecule has 2 aromatic carbocycles. The number of hydrogen-bond donors (Lipinski definition) is 1. The minimum Gasteiger partial charge on any atom is -0.492 e. The fourth-order valence-electron chi connectivity index (χ4n) is 2.07. The van der Waals surface area contributed by atoms with Gasteiger partial charge in [-0.15, -0.1) is 11.8 Å². The van der Waals surface area contributed by atoms with Crippen LogP contribution in [0.2, 0.25) is 0 Å². The zero-order chi connectivity index (χ0) is 18.9. The Labute approximate surface area is 155 Å². The lowest BCUT2D eigenvalue weighted by atomic mass is 10.2. The van der Waals surface area contributed by atoms with Crippen LogP contribution in [-0.4, -0.2) is 30.3 Å². The molecule has 0 spiro atoms. The standard InChI is InChI=1S/C19H20FNO4S/c1-3-24-16-10-6-5-9-15(16)21-19(23)13(2)25-18(22)12-26-17-11-7-4-8-14(17)20/h4-11,13H,3,12H2,1-2H3,(H,21,23)/t13-/m0/s1. The molecule has 0 saturated carbocycles. The molecular formula is C19H20FNO4S. The van der Waals surface area contributed by atoms with Gasteiger partial charge in [0.1, 0.15) is 11.6 Å². The zero-order valence-corrected chi connectivity index (χ0v) is 15.3. The molecule has 2 rings (SSSR count). The van der Waals surface area contributed by atoms with Crippen LogP contribution in [0.4, 0.5) is 10.1 Å². The highest BCUT2D eigenvalue weighted by molar-refractivity contribution is 8.00. The smallest absolute Gasteiger partial charge is 0.317 e. The molecule has 0 bridgehead atoms. The normalized spacial score (nSPS) is 11.5. The van der Waals surface area contributed by atoms with Crippen molar-refractivity contribution in [1.29, 1.82) is 0 Å². The number of anilines is 1. The van der Waals surface area contributed by atoms with Gasteiger partial charge in [0.2, 0.25) is 0 Å². The highest BCUT2D eigenvalue weighted by Gasteiger charge is 2.19. The van der Waals surface area contributed by atoms with Crippen molar-refractivity contribution in [1.82, 2.24) is 0 Å². The lowest BCUT2D eigenvalue weighted by molar-refractivity contribution is -0.150. The molecule has 0 fully saturated rings. The maximum absolute atomic E-state index is 13.5. The maximum Gasteiger partial charge on any atom is 0.317 e. The fraction of sp³-hybridized carbons (Fsp3) is 0.263. The molecule has 7 heteroatoms. The quantitative estimate of drug-likeness (QED) is 0.559. The Morgan fingerprint density at radius 2 is 1.85 bits per heavy atom. The molecule has 0 aliphatic rings. The Morgan fingerprint density at radius 3 is 2.58 bits per heavy atom. The van der Waals surface area contributed by atoms with Gasteiger partial charge in [0.15, 0.2) is 6.10 Å². The molecule has 0 heterocycles. The lowest BCUT2D eigenvalue weighted by Gasteiger charge is -2.15. The van der Waals surface area contributed by atoms with Gasteiger partial charge >= 0.3 is 5.97 Å². The van der Waals surface area contributed by atoms with E-state index in [0.29, 0.717) is 22.9 Å². The Kier molecular flexibility index (Phi) is 7.47. The van der Waals surface area contributed by atoms with Gasteiger partial charge in [0.25, 0.3) is 5.91 Å². The van der Waals surface area contributed by atoms with Crippen molar-refractivity contribution in [3.05, 3.63) is 54.3 Å². The summed E-state index contributed by atoms with van der Waals surface area (Å²) in [6.07, 6.45) is -0.988. The fourth-order valence-corrected chi connectivity index (χ4v) is 2.79. The van der Waals surface area contributed by atoms with Crippen LogP contribution in [0.25, 0.3) is 0 Å². The summed E-state index contributed by atoms with van der Waals surface area (Å²) < 4.78 is 24.1. The van der Waals surface area contributed by atoms with Crippen LogP contribution < -0.4 is 10.1 Å². The van der Waals surface area contributed by atoms with Crippen LogP contribution in [0.15, 0.2) is 53.4 Å². The average Bonchev–Trinajstić information content (AvgIpc) is 2.63. The second-order valence-corrected chi connectivity index (χ2v) is 6.29. The van der Waals surface area contributed by atoms with Gasteiger partial charge in [0, 0.05) is 4.90 Å².